The Morgan fingerprint density at radius 3 is 2.52 bits per heavy atom. The van der Waals surface area contributed by atoms with Gasteiger partial charge in [0.1, 0.15) is 15.9 Å². The zero-order chi connectivity index (χ0) is 15.4. The maximum atomic E-state index is 12.1. The number of carbonyl (C=O) groups excluding carboxylic acids is 1. The molecule has 0 aliphatic carbocycles. The highest BCUT2D eigenvalue weighted by Gasteiger charge is 2.24. The first-order chi connectivity index (χ1) is 9.99. The fraction of sp³-hybridized carbons (Fsp3) is 0.286. The van der Waals surface area contributed by atoms with E-state index < -0.39 is 17.9 Å². The summed E-state index contributed by atoms with van der Waals surface area (Å²) in [4.78, 5) is 31.7. The van der Waals surface area contributed by atoms with E-state index in [1.807, 2.05) is 0 Å². The van der Waals surface area contributed by atoms with E-state index in [4.69, 9.17) is 5.11 Å². The minimum absolute atomic E-state index is 0.195. The quantitative estimate of drug-likeness (QED) is 0.882. The van der Waals surface area contributed by atoms with Crippen LogP contribution in [0.2, 0.25) is 0 Å². The summed E-state index contributed by atoms with van der Waals surface area (Å²) in [5.41, 5.74) is 0.868. The summed E-state index contributed by atoms with van der Waals surface area (Å²) in [7, 11) is 0. The van der Waals surface area contributed by atoms with Gasteiger partial charge in [-0.05, 0) is 18.1 Å². The maximum Gasteiger partial charge on any atom is 0.326 e. The van der Waals surface area contributed by atoms with E-state index in [9.17, 15) is 9.59 Å². The Morgan fingerprint density at radius 2 is 1.95 bits per heavy atom. The van der Waals surface area contributed by atoms with Crippen LogP contribution in [0.3, 0.4) is 0 Å². The molecule has 2 rings (SSSR count). The van der Waals surface area contributed by atoms with E-state index in [0.29, 0.717) is 9.88 Å². The molecule has 0 aliphatic rings. The lowest BCUT2D eigenvalue weighted by molar-refractivity contribution is -0.140. The second kappa shape index (κ2) is 6.45. The van der Waals surface area contributed by atoms with Crippen LogP contribution >= 0.6 is 11.3 Å². The molecule has 1 amide bonds. The Bertz CT molecular complexity index is 640. The van der Waals surface area contributed by atoms with Crippen LogP contribution in [0, 0.1) is 5.92 Å². The summed E-state index contributed by atoms with van der Waals surface area (Å²) >= 11 is 1.22. The first kappa shape index (κ1) is 15.1. The van der Waals surface area contributed by atoms with Gasteiger partial charge in [0.05, 0.1) is 6.20 Å². The zero-order valence-electron chi connectivity index (χ0n) is 11.6. The summed E-state index contributed by atoms with van der Waals surface area (Å²) in [6.07, 6.45) is 4.75. The molecular formula is C14H15N3O3S. The average Bonchev–Trinajstić information content (AvgIpc) is 2.94. The molecule has 0 saturated carbocycles. The first-order valence-electron chi connectivity index (χ1n) is 6.39. The molecule has 2 heterocycles. The SMILES string of the molecule is CC(C)[C@H](NC(=O)c1cnc(-c2ccncc2)s1)C(=O)O. The lowest BCUT2D eigenvalue weighted by Crippen LogP contribution is -2.44. The molecule has 0 saturated heterocycles. The van der Waals surface area contributed by atoms with Crippen molar-refractivity contribution in [1.82, 2.24) is 15.3 Å². The van der Waals surface area contributed by atoms with E-state index in [1.165, 1.54) is 17.5 Å². The van der Waals surface area contributed by atoms with Gasteiger partial charge in [-0.15, -0.1) is 11.3 Å². The largest absolute Gasteiger partial charge is 0.480 e. The monoisotopic (exact) mass is 305 g/mol. The van der Waals surface area contributed by atoms with E-state index in [1.54, 1.807) is 38.4 Å². The van der Waals surface area contributed by atoms with Crippen molar-refractivity contribution in [3.8, 4) is 10.6 Å². The number of carboxylic acids is 1. The number of hydrogen-bond acceptors (Lipinski definition) is 5. The van der Waals surface area contributed by atoms with Gasteiger partial charge in [-0.3, -0.25) is 9.78 Å². The predicted molar refractivity (Wildman–Crippen MR) is 79.1 cm³/mol. The van der Waals surface area contributed by atoms with E-state index in [0.717, 1.165) is 5.56 Å². The number of hydrogen-bond donors (Lipinski definition) is 2. The van der Waals surface area contributed by atoms with Crippen LogP contribution in [-0.4, -0.2) is 33.0 Å². The smallest absolute Gasteiger partial charge is 0.326 e. The number of carbonyl (C=O) groups is 2. The van der Waals surface area contributed by atoms with Crippen LogP contribution in [0.1, 0.15) is 23.5 Å². The third-order valence-electron chi connectivity index (χ3n) is 2.88. The number of aliphatic carboxylic acids is 1. The van der Waals surface area contributed by atoms with Crippen molar-refractivity contribution in [2.75, 3.05) is 0 Å². The van der Waals surface area contributed by atoms with Crippen LogP contribution in [0.4, 0.5) is 0 Å². The van der Waals surface area contributed by atoms with Crippen molar-refractivity contribution >= 4 is 23.2 Å². The molecule has 0 radical (unpaired) electrons. The van der Waals surface area contributed by atoms with Crippen LogP contribution in [-0.2, 0) is 4.79 Å². The van der Waals surface area contributed by atoms with Gasteiger partial charge in [0.25, 0.3) is 5.91 Å². The lowest BCUT2D eigenvalue weighted by atomic mass is 10.0. The van der Waals surface area contributed by atoms with Gasteiger partial charge in [0.15, 0.2) is 0 Å². The Hall–Kier alpha value is -2.28. The van der Waals surface area contributed by atoms with Gasteiger partial charge >= 0.3 is 5.97 Å². The zero-order valence-corrected chi connectivity index (χ0v) is 12.4. The summed E-state index contributed by atoms with van der Waals surface area (Å²) in [6, 6.07) is 2.69. The summed E-state index contributed by atoms with van der Waals surface area (Å²) in [6.45, 7) is 3.49. The number of aromatic nitrogens is 2. The third-order valence-corrected chi connectivity index (χ3v) is 3.92. The normalized spacial score (nSPS) is 12.1. The highest BCUT2D eigenvalue weighted by Crippen LogP contribution is 2.24. The second-order valence-electron chi connectivity index (χ2n) is 4.80. The van der Waals surface area contributed by atoms with Gasteiger partial charge < -0.3 is 10.4 Å². The van der Waals surface area contributed by atoms with Gasteiger partial charge in [0.2, 0.25) is 0 Å². The molecule has 0 bridgehead atoms. The Balaban J connectivity index is 2.14. The number of pyridine rings is 1. The molecule has 21 heavy (non-hydrogen) atoms. The molecule has 7 heteroatoms. The Kier molecular flexibility index (Phi) is 4.64. The number of carboxylic acid groups (broad SMARTS) is 1. The topological polar surface area (TPSA) is 92.2 Å². The summed E-state index contributed by atoms with van der Waals surface area (Å²) in [5, 5.41) is 12.3. The molecule has 110 valence electrons. The molecule has 2 aromatic heterocycles. The van der Waals surface area contributed by atoms with Crippen LogP contribution < -0.4 is 5.32 Å². The van der Waals surface area contributed by atoms with E-state index in [2.05, 4.69) is 15.3 Å². The van der Waals surface area contributed by atoms with Crippen molar-refractivity contribution < 1.29 is 14.7 Å². The molecule has 6 nitrogen and oxygen atoms in total. The standard InChI is InChI=1S/C14H15N3O3S/c1-8(2)11(14(19)20)17-12(18)10-7-16-13(21-10)9-3-5-15-6-4-9/h3-8,11H,1-2H3,(H,17,18)(H,19,20)/t11-/m0/s1. The number of thiazole rings is 1. The molecule has 1 atom stereocenters. The van der Waals surface area contributed by atoms with E-state index in [-0.39, 0.29) is 5.92 Å². The van der Waals surface area contributed by atoms with Crippen molar-refractivity contribution in [3.63, 3.8) is 0 Å². The highest BCUT2D eigenvalue weighted by atomic mass is 32.1. The van der Waals surface area contributed by atoms with Gasteiger partial charge in [0, 0.05) is 18.0 Å². The van der Waals surface area contributed by atoms with Crippen LogP contribution in [0.25, 0.3) is 10.6 Å². The Labute approximate surface area is 125 Å². The van der Waals surface area contributed by atoms with Crippen molar-refractivity contribution in [3.05, 3.63) is 35.6 Å². The highest BCUT2D eigenvalue weighted by molar-refractivity contribution is 7.16. The molecule has 0 spiro atoms. The fourth-order valence-corrected chi connectivity index (χ4v) is 2.56. The molecule has 0 aliphatic heterocycles. The van der Waals surface area contributed by atoms with Crippen LogP contribution in [0.5, 0.6) is 0 Å². The van der Waals surface area contributed by atoms with Gasteiger partial charge in [-0.1, -0.05) is 13.8 Å². The number of rotatable bonds is 5. The summed E-state index contributed by atoms with van der Waals surface area (Å²) in [5.74, 6) is -1.66. The van der Waals surface area contributed by atoms with E-state index >= 15 is 0 Å². The third kappa shape index (κ3) is 3.63. The molecule has 2 N–H and O–H groups in total. The second-order valence-corrected chi connectivity index (χ2v) is 5.83. The first-order valence-corrected chi connectivity index (χ1v) is 7.20. The minimum atomic E-state index is -1.04. The lowest BCUT2D eigenvalue weighted by Gasteiger charge is -2.17. The number of nitrogens with zero attached hydrogens (tertiary/aromatic N) is 2. The maximum absolute atomic E-state index is 12.1. The number of amides is 1. The molecule has 0 aromatic carbocycles. The minimum Gasteiger partial charge on any atom is -0.480 e. The predicted octanol–water partition coefficient (Wildman–Crippen LogP) is 2.04. The van der Waals surface area contributed by atoms with Crippen LogP contribution in [0.15, 0.2) is 30.7 Å². The molecular weight excluding hydrogens is 290 g/mol. The molecule has 0 unspecified atom stereocenters. The Morgan fingerprint density at radius 1 is 1.29 bits per heavy atom. The van der Waals surface area contributed by atoms with Gasteiger partial charge in [-0.25, -0.2) is 9.78 Å². The van der Waals surface area contributed by atoms with Crippen molar-refractivity contribution in [1.29, 1.82) is 0 Å². The number of nitrogens with one attached hydrogen (secondary N) is 1. The average molecular weight is 305 g/mol. The molecule has 0 fully saturated rings. The molecule has 2 aromatic rings. The van der Waals surface area contributed by atoms with Crippen molar-refractivity contribution in [2.24, 2.45) is 5.92 Å². The van der Waals surface area contributed by atoms with Gasteiger partial charge in [-0.2, -0.15) is 0 Å². The van der Waals surface area contributed by atoms with Crippen molar-refractivity contribution in [2.45, 2.75) is 19.9 Å². The fourth-order valence-electron chi connectivity index (χ4n) is 1.73. The summed E-state index contributed by atoms with van der Waals surface area (Å²) < 4.78 is 0.